The van der Waals surface area contributed by atoms with Crippen LogP contribution < -0.4 is 10.1 Å². The first-order valence-corrected chi connectivity index (χ1v) is 7.61. The Kier molecular flexibility index (Phi) is 6.44. The number of carboxylic acids is 2. The summed E-state index contributed by atoms with van der Waals surface area (Å²) >= 11 is 5.97. The van der Waals surface area contributed by atoms with Crippen molar-refractivity contribution in [3.63, 3.8) is 0 Å². The Bertz CT molecular complexity index is 811. The first kappa shape index (κ1) is 19.1. The van der Waals surface area contributed by atoms with E-state index in [1.165, 1.54) is 0 Å². The molecule has 0 bridgehead atoms. The number of rotatable bonds is 9. The van der Waals surface area contributed by atoms with Gasteiger partial charge in [0, 0.05) is 0 Å². The van der Waals surface area contributed by atoms with Crippen LogP contribution in [-0.4, -0.2) is 54.3 Å². The van der Waals surface area contributed by atoms with Crippen LogP contribution in [0.15, 0.2) is 24.3 Å². The highest BCUT2D eigenvalue weighted by Gasteiger charge is 2.23. The van der Waals surface area contributed by atoms with E-state index in [0.717, 1.165) is 4.68 Å². The van der Waals surface area contributed by atoms with Crippen molar-refractivity contribution >= 4 is 29.4 Å². The monoisotopic (exact) mass is 383 g/mol. The Morgan fingerprint density at radius 3 is 2.65 bits per heavy atom. The molecular weight excluding hydrogens is 370 g/mol. The van der Waals surface area contributed by atoms with E-state index >= 15 is 0 Å². The molecule has 3 N–H and O–H groups in total. The molecule has 0 radical (unpaired) electrons. The van der Waals surface area contributed by atoms with Crippen LogP contribution in [0, 0.1) is 0 Å². The van der Waals surface area contributed by atoms with Gasteiger partial charge in [-0.2, -0.15) is 0 Å². The van der Waals surface area contributed by atoms with Gasteiger partial charge in [-0.25, -0.2) is 9.48 Å². The predicted octanol–water partition coefficient (Wildman–Crippen LogP) is -0.0504. The van der Waals surface area contributed by atoms with Gasteiger partial charge in [0.15, 0.2) is 5.82 Å². The zero-order chi connectivity index (χ0) is 19.1. The number of ether oxygens (including phenoxy) is 1. The second kappa shape index (κ2) is 8.76. The summed E-state index contributed by atoms with van der Waals surface area (Å²) in [6.45, 7) is -0.487. The zero-order valence-electron chi connectivity index (χ0n) is 13.2. The summed E-state index contributed by atoms with van der Waals surface area (Å²) in [6.07, 6.45) is -0.751. The van der Waals surface area contributed by atoms with Crippen LogP contribution in [-0.2, 0) is 27.5 Å². The number of nitrogens with zero attached hydrogens (tertiary/aromatic N) is 4. The molecule has 2 rings (SSSR count). The standard InChI is InChI=1S/C14H14ClN5O6/c15-8-3-1-2-4-10(8)26-7-11-17-18-19-20(11)6-12(21)16-9(14(24)25)5-13(22)23/h1-4,9H,5-7H2,(H,16,21)(H,22,23)(H,24,25). The van der Waals surface area contributed by atoms with E-state index in [9.17, 15) is 14.4 Å². The highest BCUT2D eigenvalue weighted by atomic mass is 35.5. The molecule has 0 saturated heterocycles. The normalized spacial score (nSPS) is 11.6. The maximum atomic E-state index is 11.9. The van der Waals surface area contributed by atoms with Crippen molar-refractivity contribution in [2.45, 2.75) is 25.6 Å². The molecule has 1 atom stereocenters. The third-order valence-corrected chi connectivity index (χ3v) is 3.42. The number of amides is 1. The minimum atomic E-state index is -1.56. The van der Waals surface area contributed by atoms with Crippen molar-refractivity contribution in [1.82, 2.24) is 25.5 Å². The van der Waals surface area contributed by atoms with Crippen molar-refractivity contribution in [3.05, 3.63) is 35.1 Å². The first-order chi connectivity index (χ1) is 12.4. The maximum Gasteiger partial charge on any atom is 0.326 e. The molecule has 0 aliphatic rings. The van der Waals surface area contributed by atoms with Gasteiger partial charge in [-0.1, -0.05) is 23.7 Å². The van der Waals surface area contributed by atoms with Gasteiger partial charge in [0.2, 0.25) is 5.91 Å². The molecule has 0 aliphatic carbocycles. The molecular formula is C14H14ClN5O6. The number of hydrogen-bond donors (Lipinski definition) is 3. The maximum absolute atomic E-state index is 11.9. The minimum Gasteiger partial charge on any atom is -0.484 e. The zero-order valence-corrected chi connectivity index (χ0v) is 14.0. The van der Waals surface area contributed by atoms with E-state index in [1.807, 2.05) is 0 Å². The molecule has 1 unspecified atom stereocenters. The lowest BCUT2D eigenvalue weighted by atomic mass is 10.2. The molecule has 11 nitrogen and oxygen atoms in total. The number of carboxylic acid groups (broad SMARTS) is 2. The first-order valence-electron chi connectivity index (χ1n) is 7.23. The number of para-hydroxylation sites is 1. The van der Waals surface area contributed by atoms with Crippen LogP contribution >= 0.6 is 11.6 Å². The van der Waals surface area contributed by atoms with Gasteiger partial charge in [0.25, 0.3) is 0 Å². The Balaban J connectivity index is 1.97. The number of aromatic nitrogens is 4. The van der Waals surface area contributed by atoms with Gasteiger partial charge < -0.3 is 20.3 Å². The average molecular weight is 384 g/mol. The van der Waals surface area contributed by atoms with Crippen molar-refractivity contribution in [1.29, 1.82) is 0 Å². The highest BCUT2D eigenvalue weighted by molar-refractivity contribution is 6.32. The molecule has 1 aromatic carbocycles. The van der Waals surface area contributed by atoms with Crippen LogP contribution in [0.25, 0.3) is 0 Å². The van der Waals surface area contributed by atoms with Gasteiger partial charge in [-0.05, 0) is 22.6 Å². The number of benzene rings is 1. The fourth-order valence-electron chi connectivity index (χ4n) is 1.90. The summed E-state index contributed by atoms with van der Waals surface area (Å²) < 4.78 is 6.58. The van der Waals surface area contributed by atoms with Gasteiger partial charge in [0.1, 0.15) is 24.9 Å². The summed E-state index contributed by atoms with van der Waals surface area (Å²) in [5.41, 5.74) is 0. The van der Waals surface area contributed by atoms with Crippen molar-refractivity contribution in [2.75, 3.05) is 0 Å². The lowest BCUT2D eigenvalue weighted by Crippen LogP contribution is -2.43. The highest BCUT2D eigenvalue weighted by Crippen LogP contribution is 2.23. The molecule has 26 heavy (non-hydrogen) atoms. The largest absolute Gasteiger partial charge is 0.484 e. The number of nitrogens with one attached hydrogen (secondary N) is 1. The molecule has 0 aliphatic heterocycles. The Morgan fingerprint density at radius 2 is 2.00 bits per heavy atom. The van der Waals surface area contributed by atoms with E-state index in [1.54, 1.807) is 24.3 Å². The fourth-order valence-corrected chi connectivity index (χ4v) is 2.09. The topological polar surface area (TPSA) is 157 Å². The fraction of sp³-hybridized carbons (Fsp3) is 0.286. The third kappa shape index (κ3) is 5.41. The molecule has 2 aromatic rings. The van der Waals surface area contributed by atoms with E-state index in [2.05, 4.69) is 20.8 Å². The molecule has 138 valence electrons. The van der Waals surface area contributed by atoms with Crippen LogP contribution in [0.3, 0.4) is 0 Å². The van der Waals surface area contributed by atoms with Crippen molar-refractivity contribution in [2.24, 2.45) is 0 Å². The number of carbonyl (C=O) groups excluding carboxylic acids is 1. The summed E-state index contributed by atoms with van der Waals surface area (Å²) in [4.78, 5) is 33.5. The Labute approximate surface area is 151 Å². The second-order valence-corrected chi connectivity index (χ2v) is 5.44. The second-order valence-electron chi connectivity index (χ2n) is 5.03. The van der Waals surface area contributed by atoms with Gasteiger partial charge in [0.05, 0.1) is 11.4 Å². The SMILES string of the molecule is O=C(O)CC(NC(=O)Cn1nnnc1COc1ccccc1Cl)C(=O)O. The molecule has 1 heterocycles. The summed E-state index contributed by atoms with van der Waals surface area (Å²) in [5.74, 6) is -2.97. The predicted molar refractivity (Wildman–Crippen MR) is 85.4 cm³/mol. The van der Waals surface area contributed by atoms with Crippen LogP contribution in [0.5, 0.6) is 5.75 Å². The quantitative estimate of drug-likeness (QED) is 0.539. The van der Waals surface area contributed by atoms with E-state index in [0.29, 0.717) is 10.8 Å². The van der Waals surface area contributed by atoms with E-state index in [-0.39, 0.29) is 12.4 Å². The smallest absolute Gasteiger partial charge is 0.326 e. The minimum absolute atomic E-state index is 0.0818. The molecule has 0 spiro atoms. The number of tetrazole rings is 1. The van der Waals surface area contributed by atoms with Crippen LogP contribution in [0.4, 0.5) is 0 Å². The molecule has 1 amide bonds. The van der Waals surface area contributed by atoms with Gasteiger partial charge >= 0.3 is 11.9 Å². The molecule has 0 saturated carbocycles. The molecule has 0 fully saturated rings. The summed E-state index contributed by atoms with van der Waals surface area (Å²) in [6, 6.07) is 5.19. The van der Waals surface area contributed by atoms with Crippen molar-refractivity contribution in [3.8, 4) is 5.75 Å². The Morgan fingerprint density at radius 1 is 1.27 bits per heavy atom. The molecule has 12 heteroatoms. The average Bonchev–Trinajstić information content (AvgIpc) is 3.00. The third-order valence-electron chi connectivity index (χ3n) is 3.10. The van der Waals surface area contributed by atoms with Gasteiger partial charge in [-0.15, -0.1) is 5.10 Å². The number of aliphatic carboxylic acids is 2. The lowest BCUT2D eigenvalue weighted by molar-refractivity contribution is -0.147. The number of hydrogen-bond acceptors (Lipinski definition) is 7. The van der Waals surface area contributed by atoms with Gasteiger partial charge in [-0.3, -0.25) is 9.59 Å². The Hall–Kier alpha value is -3.21. The van der Waals surface area contributed by atoms with Crippen LogP contribution in [0.1, 0.15) is 12.2 Å². The van der Waals surface area contributed by atoms with E-state index < -0.39 is 36.9 Å². The van der Waals surface area contributed by atoms with Crippen molar-refractivity contribution < 1.29 is 29.3 Å². The number of halogens is 1. The lowest BCUT2D eigenvalue weighted by Gasteiger charge is -2.13. The summed E-state index contributed by atoms with van der Waals surface area (Å²) in [7, 11) is 0. The summed E-state index contributed by atoms with van der Waals surface area (Å²) in [5, 5.41) is 30.9. The molecule has 1 aromatic heterocycles. The van der Waals surface area contributed by atoms with E-state index in [4.69, 9.17) is 26.6 Å². The number of carbonyl (C=O) groups is 3. The van der Waals surface area contributed by atoms with Crippen LogP contribution in [0.2, 0.25) is 5.02 Å².